The predicted octanol–water partition coefficient (Wildman–Crippen LogP) is 3.32. The standard InChI is InChI=1S/C15H13FO3/c1-18-14-8-11(6-12(9-17)15(14)19-2)10-4-3-5-13(16)7-10/h3-9H,1-2H3. The van der Waals surface area contributed by atoms with E-state index in [4.69, 9.17) is 9.47 Å². The van der Waals surface area contributed by atoms with Crippen molar-refractivity contribution in [3.05, 3.63) is 47.8 Å². The van der Waals surface area contributed by atoms with Gasteiger partial charge in [-0.2, -0.15) is 0 Å². The molecule has 0 saturated carbocycles. The van der Waals surface area contributed by atoms with E-state index in [1.165, 1.54) is 26.4 Å². The van der Waals surface area contributed by atoms with Crippen molar-refractivity contribution in [1.82, 2.24) is 0 Å². The quantitative estimate of drug-likeness (QED) is 0.791. The molecule has 0 heterocycles. The summed E-state index contributed by atoms with van der Waals surface area (Å²) in [6.45, 7) is 0. The Kier molecular flexibility index (Phi) is 3.80. The van der Waals surface area contributed by atoms with Crippen molar-refractivity contribution in [1.29, 1.82) is 0 Å². The summed E-state index contributed by atoms with van der Waals surface area (Å²) in [5.74, 6) is 0.476. The minimum absolute atomic E-state index is 0.333. The highest BCUT2D eigenvalue weighted by Crippen LogP contribution is 2.35. The first-order valence-electron chi connectivity index (χ1n) is 5.66. The number of hydrogen-bond donors (Lipinski definition) is 0. The third kappa shape index (κ3) is 2.57. The van der Waals surface area contributed by atoms with Gasteiger partial charge in [-0.1, -0.05) is 12.1 Å². The molecule has 0 N–H and O–H groups in total. The van der Waals surface area contributed by atoms with Crippen LogP contribution in [0.1, 0.15) is 10.4 Å². The molecule has 19 heavy (non-hydrogen) atoms. The molecule has 0 fully saturated rings. The molecule has 98 valence electrons. The molecular weight excluding hydrogens is 247 g/mol. The summed E-state index contributed by atoms with van der Waals surface area (Å²) in [5.41, 5.74) is 1.73. The van der Waals surface area contributed by atoms with Crippen LogP contribution in [0.5, 0.6) is 11.5 Å². The van der Waals surface area contributed by atoms with Crippen molar-refractivity contribution in [2.24, 2.45) is 0 Å². The fraction of sp³-hybridized carbons (Fsp3) is 0.133. The van der Waals surface area contributed by atoms with Gasteiger partial charge in [0.25, 0.3) is 0 Å². The average Bonchev–Trinajstić information content (AvgIpc) is 2.45. The molecule has 0 amide bonds. The van der Waals surface area contributed by atoms with E-state index < -0.39 is 0 Å². The minimum atomic E-state index is -0.333. The topological polar surface area (TPSA) is 35.5 Å². The van der Waals surface area contributed by atoms with Crippen molar-refractivity contribution in [2.75, 3.05) is 14.2 Å². The first-order chi connectivity index (χ1) is 9.19. The van der Waals surface area contributed by atoms with Crippen molar-refractivity contribution < 1.29 is 18.7 Å². The Morgan fingerprint density at radius 1 is 1.05 bits per heavy atom. The van der Waals surface area contributed by atoms with Gasteiger partial charge in [0.15, 0.2) is 17.8 Å². The molecule has 0 atom stereocenters. The number of aldehydes is 1. The lowest BCUT2D eigenvalue weighted by Crippen LogP contribution is -1.96. The van der Waals surface area contributed by atoms with Crippen molar-refractivity contribution >= 4 is 6.29 Å². The van der Waals surface area contributed by atoms with E-state index in [2.05, 4.69) is 0 Å². The van der Waals surface area contributed by atoms with Gasteiger partial charge in [0.1, 0.15) is 5.82 Å². The third-order valence-corrected chi connectivity index (χ3v) is 2.79. The lowest BCUT2D eigenvalue weighted by atomic mass is 10.0. The van der Waals surface area contributed by atoms with Gasteiger partial charge in [0, 0.05) is 0 Å². The highest BCUT2D eigenvalue weighted by molar-refractivity contribution is 5.85. The van der Waals surface area contributed by atoms with E-state index in [0.717, 1.165) is 0 Å². The Morgan fingerprint density at radius 3 is 2.42 bits per heavy atom. The lowest BCUT2D eigenvalue weighted by molar-refractivity contribution is 0.112. The van der Waals surface area contributed by atoms with Gasteiger partial charge in [-0.3, -0.25) is 4.79 Å². The van der Waals surface area contributed by atoms with Crippen LogP contribution in [-0.2, 0) is 0 Å². The lowest BCUT2D eigenvalue weighted by Gasteiger charge is -2.12. The predicted molar refractivity (Wildman–Crippen MR) is 70.3 cm³/mol. The minimum Gasteiger partial charge on any atom is -0.493 e. The summed E-state index contributed by atoms with van der Waals surface area (Å²) >= 11 is 0. The monoisotopic (exact) mass is 260 g/mol. The van der Waals surface area contributed by atoms with Crippen LogP contribution in [0.4, 0.5) is 4.39 Å². The van der Waals surface area contributed by atoms with Crippen molar-refractivity contribution in [3.8, 4) is 22.6 Å². The SMILES string of the molecule is COc1cc(-c2cccc(F)c2)cc(C=O)c1OC. The van der Waals surface area contributed by atoms with Gasteiger partial charge < -0.3 is 9.47 Å². The van der Waals surface area contributed by atoms with Crippen molar-refractivity contribution in [2.45, 2.75) is 0 Å². The number of halogens is 1. The molecule has 0 aliphatic carbocycles. The van der Waals surface area contributed by atoms with Crippen LogP contribution < -0.4 is 9.47 Å². The summed E-state index contributed by atoms with van der Waals surface area (Å²) < 4.78 is 23.6. The average molecular weight is 260 g/mol. The van der Waals surface area contributed by atoms with Gasteiger partial charge in [-0.05, 0) is 35.4 Å². The number of carbonyl (C=O) groups is 1. The van der Waals surface area contributed by atoms with E-state index in [1.54, 1.807) is 24.3 Å². The number of rotatable bonds is 4. The highest BCUT2D eigenvalue weighted by Gasteiger charge is 2.13. The molecule has 2 aromatic rings. The number of carbonyl (C=O) groups excluding carboxylic acids is 1. The number of hydrogen-bond acceptors (Lipinski definition) is 3. The van der Waals surface area contributed by atoms with E-state index in [0.29, 0.717) is 34.5 Å². The van der Waals surface area contributed by atoms with Crippen LogP contribution in [0.2, 0.25) is 0 Å². The van der Waals surface area contributed by atoms with Crippen LogP contribution in [0.25, 0.3) is 11.1 Å². The molecule has 0 aromatic heterocycles. The maximum Gasteiger partial charge on any atom is 0.171 e. The fourth-order valence-electron chi connectivity index (χ4n) is 1.92. The van der Waals surface area contributed by atoms with Crippen LogP contribution in [0, 0.1) is 5.82 Å². The molecule has 0 spiro atoms. The van der Waals surface area contributed by atoms with Gasteiger partial charge in [-0.25, -0.2) is 4.39 Å². The van der Waals surface area contributed by atoms with Crippen LogP contribution in [0.3, 0.4) is 0 Å². The van der Waals surface area contributed by atoms with Gasteiger partial charge in [0.05, 0.1) is 19.8 Å². The Balaban J connectivity index is 2.62. The molecule has 2 rings (SSSR count). The molecule has 0 aliphatic rings. The number of benzene rings is 2. The molecule has 3 nitrogen and oxygen atoms in total. The summed E-state index contributed by atoms with van der Waals surface area (Å²) in [5, 5.41) is 0. The Morgan fingerprint density at radius 2 is 1.84 bits per heavy atom. The number of ether oxygens (including phenoxy) is 2. The van der Waals surface area contributed by atoms with Gasteiger partial charge in [0.2, 0.25) is 0 Å². The zero-order chi connectivity index (χ0) is 13.8. The fourth-order valence-corrected chi connectivity index (χ4v) is 1.92. The zero-order valence-corrected chi connectivity index (χ0v) is 10.6. The van der Waals surface area contributed by atoms with Crippen LogP contribution in [0.15, 0.2) is 36.4 Å². The normalized spacial score (nSPS) is 10.1. The van der Waals surface area contributed by atoms with Crippen LogP contribution in [-0.4, -0.2) is 20.5 Å². The molecule has 0 radical (unpaired) electrons. The molecule has 4 heteroatoms. The molecule has 2 aromatic carbocycles. The van der Waals surface area contributed by atoms with E-state index >= 15 is 0 Å². The second-order valence-electron chi connectivity index (χ2n) is 3.93. The van der Waals surface area contributed by atoms with Crippen LogP contribution >= 0.6 is 0 Å². The van der Waals surface area contributed by atoms with E-state index in [1.807, 2.05) is 0 Å². The largest absolute Gasteiger partial charge is 0.493 e. The zero-order valence-electron chi connectivity index (χ0n) is 10.6. The first kappa shape index (κ1) is 13.1. The number of methoxy groups -OCH3 is 2. The second-order valence-corrected chi connectivity index (χ2v) is 3.93. The van der Waals surface area contributed by atoms with E-state index in [9.17, 15) is 9.18 Å². The summed E-state index contributed by atoms with van der Waals surface area (Å²) in [6, 6.07) is 9.49. The Hall–Kier alpha value is -2.36. The third-order valence-electron chi connectivity index (χ3n) is 2.79. The highest BCUT2D eigenvalue weighted by atomic mass is 19.1. The summed E-state index contributed by atoms with van der Waals surface area (Å²) in [4.78, 5) is 11.1. The maximum atomic E-state index is 13.2. The summed E-state index contributed by atoms with van der Waals surface area (Å²) in [7, 11) is 2.95. The molecule has 0 aliphatic heterocycles. The summed E-state index contributed by atoms with van der Waals surface area (Å²) in [6.07, 6.45) is 0.685. The second kappa shape index (κ2) is 5.52. The Bertz CT molecular complexity index is 608. The van der Waals surface area contributed by atoms with Crippen molar-refractivity contribution in [3.63, 3.8) is 0 Å². The van der Waals surface area contributed by atoms with Gasteiger partial charge >= 0.3 is 0 Å². The molecule has 0 bridgehead atoms. The van der Waals surface area contributed by atoms with Gasteiger partial charge in [-0.15, -0.1) is 0 Å². The smallest absolute Gasteiger partial charge is 0.171 e. The molecule has 0 saturated heterocycles. The molecule has 0 unspecified atom stereocenters. The first-order valence-corrected chi connectivity index (χ1v) is 5.66. The molecular formula is C15H13FO3. The Labute approximate surface area is 110 Å². The van der Waals surface area contributed by atoms with E-state index in [-0.39, 0.29) is 5.82 Å². The maximum absolute atomic E-state index is 13.2.